The molecule has 2 aromatic carbocycles. The number of para-hydroxylation sites is 1. The fourth-order valence-electron chi connectivity index (χ4n) is 3.83. The molecule has 148 valence electrons. The molecule has 2 saturated heterocycles. The minimum Gasteiger partial charge on any atom is -0.372 e. The molecule has 6 nitrogen and oxygen atoms in total. The quantitative estimate of drug-likeness (QED) is 0.642. The van der Waals surface area contributed by atoms with E-state index in [9.17, 15) is 14.4 Å². The van der Waals surface area contributed by atoms with E-state index >= 15 is 0 Å². The summed E-state index contributed by atoms with van der Waals surface area (Å²) >= 11 is 0. The Morgan fingerprint density at radius 1 is 0.966 bits per heavy atom. The van der Waals surface area contributed by atoms with E-state index in [1.54, 1.807) is 18.2 Å². The van der Waals surface area contributed by atoms with Crippen LogP contribution in [0.2, 0.25) is 0 Å². The van der Waals surface area contributed by atoms with E-state index in [1.165, 1.54) is 12.8 Å². The molecule has 0 aliphatic carbocycles. The molecule has 6 heteroatoms. The SMILES string of the molecule is CCc1ccccc1N1C(=O)NC(=O)/C(=C\c2ccc(N3CCCC3)cc2)C1=O. The van der Waals surface area contributed by atoms with Gasteiger partial charge in [0.2, 0.25) is 0 Å². The predicted molar refractivity (Wildman–Crippen MR) is 113 cm³/mol. The van der Waals surface area contributed by atoms with Crippen molar-refractivity contribution in [2.75, 3.05) is 22.9 Å². The van der Waals surface area contributed by atoms with E-state index in [4.69, 9.17) is 0 Å². The molecule has 2 heterocycles. The summed E-state index contributed by atoms with van der Waals surface area (Å²) in [6.45, 7) is 4.06. The summed E-state index contributed by atoms with van der Waals surface area (Å²) in [6, 6.07) is 14.3. The zero-order chi connectivity index (χ0) is 20.4. The van der Waals surface area contributed by atoms with Crippen molar-refractivity contribution >= 4 is 35.3 Å². The summed E-state index contributed by atoms with van der Waals surface area (Å²) in [5, 5.41) is 2.29. The highest BCUT2D eigenvalue weighted by Crippen LogP contribution is 2.26. The van der Waals surface area contributed by atoms with Gasteiger partial charge in [0.05, 0.1) is 5.69 Å². The number of urea groups is 1. The number of nitrogens with zero attached hydrogens (tertiary/aromatic N) is 2. The Bertz CT molecular complexity index is 989. The predicted octanol–water partition coefficient (Wildman–Crippen LogP) is 3.52. The first-order valence-electron chi connectivity index (χ1n) is 9.93. The summed E-state index contributed by atoms with van der Waals surface area (Å²) in [5.41, 5.74) is 3.19. The van der Waals surface area contributed by atoms with Gasteiger partial charge in [-0.2, -0.15) is 0 Å². The first-order valence-corrected chi connectivity index (χ1v) is 9.93. The second kappa shape index (κ2) is 7.91. The summed E-state index contributed by atoms with van der Waals surface area (Å²) in [5.74, 6) is -1.28. The number of benzene rings is 2. The third kappa shape index (κ3) is 3.66. The lowest BCUT2D eigenvalue weighted by Crippen LogP contribution is -2.54. The first-order chi connectivity index (χ1) is 14.1. The van der Waals surface area contributed by atoms with Gasteiger partial charge in [-0.25, -0.2) is 9.69 Å². The standard InChI is InChI=1S/C23H23N3O3/c1-2-17-7-3-4-8-20(17)26-22(28)19(21(27)24-23(26)29)15-16-9-11-18(12-10-16)25-13-5-6-14-25/h3-4,7-12,15H,2,5-6,13-14H2,1H3,(H,24,27,29)/b19-15+. The van der Waals surface area contributed by atoms with Crippen LogP contribution < -0.4 is 15.1 Å². The maximum Gasteiger partial charge on any atom is 0.335 e. The van der Waals surface area contributed by atoms with Crippen molar-refractivity contribution in [1.82, 2.24) is 5.32 Å². The molecule has 0 spiro atoms. The largest absolute Gasteiger partial charge is 0.372 e. The third-order valence-corrected chi connectivity index (χ3v) is 5.39. The highest BCUT2D eigenvalue weighted by atomic mass is 16.2. The van der Waals surface area contributed by atoms with Gasteiger partial charge in [-0.3, -0.25) is 14.9 Å². The molecule has 2 aliphatic rings. The summed E-state index contributed by atoms with van der Waals surface area (Å²) < 4.78 is 0. The van der Waals surface area contributed by atoms with Crippen LogP contribution >= 0.6 is 0 Å². The molecule has 0 unspecified atom stereocenters. The van der Waals surface area contributed by atoms with Gasteiger partial charge in [0.1, 0.15) is 5.57 Å². The van der Waals surface area contributed by atoms with Crippen molar-refractivity contribution in [3.8, 4) is 0 Å². The van der Waals surface area contributed by atoms with E-state index in [2.05, 4.69) is 10.2 Å². The number of amides is 4. The van der Waals surface area contributed by atoms with Crippen molar-refractivity contribution in [2.24, 2.45) is 0 Å². The van der Waals surface area contributed by atoms with Crippen LogP contribution in [0.4, 0.5) is 16.2 Å². The van der Waals surface area contributed by atoms with Gasteiger partial charge in [0.25, 0.3) is 11.8 Å². The van der Waals surface area contributed by atoms with E-state index in [0.717, 1.165) is 34.8 Å². The average molecular weight is 389 g/mol. The highest BCUT2D eigenvalue weighted by Gasteiger charge is 2.37. The van der Waals surface area contributed by atoms with Crippen molar-refractivity contribution in [3.05, 3.63) is 65.2 Å². The zero-order valence-electron chi connectivity index (χ0n) is 16.4. The second-order valence-corrected chi connectivity index (χ2v) is 7.23. The maximum atomic E-state index is 13.1. The molecule has 0 atom stereocenters. The van der Waals surface area contributed by atoms with E-state index in [-0.39, 0.29) is 5.57 Å². The highest BCUT2D eigenvalue weighted by molar-refractivity contribution is 6.39. The Balaban J connectivity index is 1.65. The molecule has 0 radical (unpaired) electrons. The Morgan fingerprint density at radius 3 is 2.34 bits per heavy atom. The Labute approximate surface area is 169 Å². The summed E-state index contributed by atoms with van der Waals surface area (Å²) in [4.78, 5) is 41.2. The van der Waals surface area contributed by atoms with Gasteiger partial charge in [-0.15, -0.1) is 0 Å². The number of barbiturate groups is 1. The van der Waals surface area contributed by atoms with Crippen LogP contribution in [-0.2, 0) is 16.0 Å². The van der Waals surface area contributed by atoms with Crippen LogP contribution in [0.25, 0.3) is 6.08 Å². The second-order valence-electron chi connectivity index (χ2n) is 7.23. The molecule has 0 aromatic heterocycles. The number of imide groups is 2. The Morgan fingerprint density at radius 2 is 1.66 bits per heavy atom. The van der Waals surface area contributed by atoms with Gasteiger partial charge >= 0.3 is 6.03 Å². The number of aryl methyl sites for hydroxylation is 1. The van der Waals surface area contributed by atoms with Crippen LogP contribution in [0.15, 0.2) is 54.1 Å². The van der Waals surface area contributed by atoms with Gasteiger partial charge in [0.15, 0.2) is 0 Å². The van der Waals surface area contributed by atoms with E-state index < -0.39 is 17.8 Å². The van der Waals surface area contributed by atoms with Crippen LogP contribution in [0, 0.1) is 0 Å². The molecule has 0 saturated carbocycles. The molecular weight excluding hydrogens is 366 g/mol. The fourth-order valence-corrected chi connectivity index (χ4v) is 3.83. The first kappa shape index (κ1) is 18.9. The fraction of sp³-hybridized carbons (Fsp3) is 0.261. The topological polar surface area (TPSA) is 69.7 Å². The average Bonchev–Trinajstić information content (AvgIpc) is 3.27. The molecule has 2 fully saturated rings. The number of nitrogens with one attached hydrogen (secondary N) is 1. The minimum absolute atomic E-state index is 0.0515. The van der Waals surface area contributed by atoms with Crippen LogP contribution in [0.5, 0.6) is 0 Å². The van der Waals surface area contributed by atoms with Crippen molar-refractivity contribution in [2.45, 2.75) is 26.2 Å². The third-order valence-electron chi connectivity index (χ3n) is 5.39. The van der Waals surface area contributed by atoms with Crippen molar-refractivity contribution < 1.29 is 14.4 Å². The number of anilines is 2. The monoisotopic (exact) mass is 389 g/mol. The molecule has 4 amide bonds. The van der Waals surface area contributed by atoms with Gasteiger partial charge in [0, 0.05) is 18.8 Å². The summed E-state index contributed by atoms with van der Waals surface area (Å²) in [7, 11) is 0. The number of rotatable bonds is 4. The maximum absolute atomic E-state index is 13.1. The van der Waals surface area contributed by atoms with Crippen molar-refractivity contribution in [3.63, 3.8) is 0 Å². The molecule has 2 aromatic rings. The van der Waals surface area contributed by atoms with Crippen molar-refractivity contribution in [1.29, 1.82) is 0 Å². The molecule has 4 rings (SSSR count). The lowest BCUT2D eigenvalue weighted by atomic mass is 10.0. The number of carbonyl (C=O) groups is 3. The van der Waals surface area contributed by atoms with Gasteiger partial charge < -0.3 is 4.90 Å². The summed E-state index contributed by atoms with van der Waals surface area (Å²) in [6.07, 6.45) is 4.60. The van der Waals surface area contributed by atoms with Gasteiger partial charge in [-0.1, -0.05) is 37.3 Å². The van der Waals surface area contributed by atoms with Crippen LogP contribution in [-0.4, -0.2) is 30.9 Å². The normalized spacial score (nSPS) is 18.5. The number of carbonyl (C=O) groups excluding carboxylic acids is 3. The smallest absolute Gasteiger partial charge is 0.335 e. The molecule has 29 heavy (non-hydrogen) atoms. The number of hydrogen-bond acceptors (Lipinski definition) is 4. The Kier molecular flexibility index (Phi) is 5.16. The van der Waals surface area contributed by atoms with E-state index in [1.807, 2.05) is 43.3 Å². The van der Waals surface area contributed by atoms with Gasteiger partial charge in [-0.05, 0) is 54.7 Å². The number of hydrogen-bond donors (Lipinski definition) is 1. The molecule has 0 bridgehead atoms. The van der Waals surface area contributed by atoms with E-state index in [0.29, 0.717) is 12.1 Å². The minimum atomic E-state index is -0.720. The molecular formula is C23H23N3O3. The molecule has 1 N–H and O–H groups in total. The lowest BCUT2D eigenvalue weighted by Gasteiger charge is -2.28. The zero-order valence-corrected chi connectivity index (χ0v) is 16.4. The van der Waals surface area contributed by atoms with Crippen LogP contribution in [0.1, 0.15) is 30.9 Å². The molecule has 2 aliphatic heterocycles. The lowest BCUT2D eigenvalue weighted by molar-refractivity contribution is -0.122. The van der Waals surface area contributed by atoms with Crippen LogP contribution in [0.3, 0.4) is 0 Å². The Hall–Kier alpha value is -3.41.